The second-order valence-electron chi connectivity index (χ2n) is 20.1. The predicted octanol–water partition coefficient (Wildman–Crippen LogP) is 4.66. The zero-order chi connectivity index (χ0) is 54.0. The molecule has 2 aromatic heterocycles. The van der Waals surface area contributed by atoms with Crippen molar-refractivity contribution in [1.29, 1.82) is 10.5 Å². The van der Waals surface area contributed by atoms with E-state index in [-0.39, 0.29) is 61.1 Å². The van der Waals surface area contributed by atoms with Gasteiger partial charge < -0.3 is 45.5 Å². The maximum absolute atomic E-state index is 13.6. The largest absolute Gasteiger partial charge is 0.354 e. The smallest absolute Gasteiger partial charge is 0.318 e. The lowest BCUT2D eigenvalue weighted by Crippen LogP contribution is -2.63. The third-order valence-corrected chi connectivity index (χ3v) is 16.7. The minimum atomic E-state index is -3.84. The first-order chi connectivity index (χ1) is 37.5. The molecule has 5 aromatic rings. The zero-order valence-electron chi connectivity index (χ0n) is 43.6. The first kappa shape index (κ1) is 55.6. The Hall–Kier alpha value is -7.59. The van der Waals surface area contributed by atoms with Crippen LogP contribution in [0.3, 0.4) is 0 Å². The molecule has 2 saturated heterocycles. The molecule has 0 spiro atoms. The summed E-state index contributed by atoms with van der Waals surface area (Å²) in [7, 11) is -3.84. The highest BCUT2D eigenvalue weighted by molar-refractivity contribution is 7.89. The molecule has 406 valence electrons. The second kappa shape index (κ2) is 27.5. The van der Waals surface area contributed by atoms with Gasteiger partial charge in [0.2, 0.25) is 21.8 Å². The normalized spacial score (nSPS) is 18.4. The minimum absolute atomic E-state index is 0.0624. The number of carbonyl (C=O) groups excluding carboxylic acids is 4. The van der Waals surface area contributed by atoms with Crippen molar-refractivity contribution in [2.45, 2.75) is 119 Å². The lowest BCUT2D eigenvalue weighted by molar-refractivity contribution is -0.127. The second-order valence-corrected chi connectivity index (χ2v) is 22.0. The number of hydrogen-bond acceptors (Lipinski definition) is 11. The number of aromatic nitrogens is 4. The van der Waals surface area contributed by atoms with E-state index < -0.39 is 28.0 Å². The Labute approximate surface area is 451 Å². The van der Waals surface area contributed by atoms with Gasteiger partial charge in [-0.25, -0.2) is 28.0 Å². The van der Waals surface area contributed by atoms with Gasteiger partial charge in [0.1, 0.15) is 12.1 Å². The van der Waals surface area contributed by atoms with Crippen LogP contribution in [0.25, 0.3) is 0 Å². The predicted molar refractivity (Wildman–Crippen MR) is 288 cm³/mol. The van der Waals surface area contributed by atoms with Gasteiger partial charge in [0.15, 0.2) is 0 Å². The van der Waals surface area contributed by atoms with Crippen LogP contribution < -0.4 is 26.6 Å². The molecular formula is C56H70N14O6S. The number of nitrogens with zero attached hydrogens (tertiary/aromatic N) is 9. The number of benzene rings is 3. The van der Waals surface area contributed by atoms with Crippen LogP contribution in [0.2, 0.25) is 0 Å². The van der Waals surface area contributed by atoms with E-state index in [4.69, 9.17) is 10.5 Å². The summed E-state index contributed by atoms with van der Waals surface area (Å²) in [6.07, 6.45) is 18.8. The van der Waals surface area contributed by atoms with Gasteiger partial charge in [0.25, 0.3) is 0 Å². The number of piperazine rings is 2. The molecule has 0 unspecified atom stereocenters. The van der Waals surface area contributed by atoms with E-state index in [1.54, 1.807) is 66.2 Å². The molecule has 77 heavy (non-hydrogen) atoms. The summed E-state index contributed by atoms with van der Waals surface area (Å²) < 4.78 is 32.1. The van der Waals surface area contributed by atoms with Crippen LogP contribution in [0.1, 0.15) is 97.8 Å². The van der Waals surface area contributed by atoms with Crippen molar-refractivity contribution >= 4 is 33.9 Å². The molecule has 21 heteroatoms. The van der Waals surface area contributed by atoms with E-state index >= 15 is 0 Å². The fraction of sp³-hybridized carbons (Fsp3) is 0.464. The molecule has 5 N–H and O–H groups in total. The molecular weight excluding hydrogens is 997 g/mol. The topological polar surface area (TPSA) is 256 Å². The highest BCUT2D eigenvalue weighted by atomic mass is 32.2. The van der Waals surface area contributed by atoms with Gasteiger partial charge in [0, 0.05) is 114 Å². The monoisotopic (exact) mass is 1070 g/mol. The number of sulfonamides is 1. The number of imidazole rings is 2. The number of nitrogens with one attached hydrogen (secondary N) is 5. The number of urea groups is 2. The van der Waals surface area contributed by atoms with Crippen LogP contribution in [0.5, 0.6) is 0 Å². The van der Waals surface area contributed by atoms with Gasteiger partial charge in [0.05, 0.1) is 40.8 Å². The molecule has 3 aromatic carbocycles. The molecule has 2 aliphatic heterocycles. The number of carbonyl (C=O) groups is 4. The Bertz CT molecular complexity index is 2940. The van der Waals surface area contributed by atoms with Crippen molar-refractivity contribution in [3.8, 4) is 12.1 Å². The molecule has 6 amide bonds. The van der Waals surface area contributed by atoms with Crippen LogP contribution >= 0.6 is 0 Å². The average Bonchev–Trinajstić information content (AvgIpc) is 4.12. The van der Waals surface area contributed by atoms with E-state index in [0.29, 0.717) is 63.2 Å². The first-order valence-corrected chi connectivity index (χ1v) is 28.3. The van der Waals surface area contributed by atoms with E-state index in [0.717, 1.165) is 80.3 Å². The Kier molecular flexibility index (Phi) is 19.8. The van der Waals surface area contributed by atoms with Gasteiger partial charge in [-0.1, -0.05) is 81.0 Å². The highest BCUT2D eigenvalue weighted by Gasteiger charge is 2.40. The fourth-order valence-electron chi connectivity index (χ4n) is 10.4. The number of hydrogen-bond donors (Lipinski definition) is 5. The Morgan fingerprint density at radius 1 is 0.610 bits per heavy atom. The first-order valence-electron chi connectivity index (χ1n) is 26.9. The van der Waals surface area contributed by atoms with Crippen molar-refractivity contribution in [2.24, 2.45) is 0 Å². The maximum atomic E-state index is 13.6. The van der Waals surface area contributed by atoms with E-state index in [1.165, 1.54) is 27.8 Å². The molecule has 20 nitrogen and oxygen atoms in total. The Morgan fingerprint density at radius 3 is 1.58 bits per heavy atom. The molecule has 2 atom stereocenters. The summed E-state index contributed by atoms with van der Waals surface area (Å²) >= 11 is 0. The van der Waals surface area contributed by atoms with Gasteiger partial charge >= 0.3 is 12.1 Å². The number of amides is 6. The maximum Gasteiger partial charge on any atom is 0.318 e. The summed E-state index contributed by atoms with van der Waals surface area (Å²) in [6, 6.07) is 25.6. The molecule has 0 radical (unpaired) electrons. The van der Waals surface area contributed by atoms with E-state index in [1.807, 2.05) is 39.6 Å². The van der Waals surface area contributed by atoms with Crippen molar-refractivity contribution in [1.82, 2.24) is 59.8 Å². The van der Waals surface area contributed by atoms with Crippen molar-refractivity contribution in [3.05, 3.63) is 138 Å². The molecule has 4 fully saturated rings. The number of rotatable bonds is 16. The quantitative estimate of drug-likeness (QED) is 0.0909. The lowest BCUT2D eigenvalue weighted by Gasteiger charge is -2.40. The standard InChI is InChI=1S/C31H37N7O4S.C25H33N7O2/c32-19-24-11-13-25(14-12-24)21-36-23-33-20-27(36)15-16-34-30(39)29-22-37(43(41,42)28-9-5-2-6-10-28)17-18-38(29)31(40)35-26-7-3-1-4-8-26;26-14-19-6-8-20(9-7-19)17-31-18-28-15-22(31)10-11-29-24(33)23-16-27-12-13-32(23)25(34)30-21-4-2-1-3-5-21/h2,5-6,9-14,20,23,26,29H,1,3-4,7-8,15-18,21-22H2,(H,34,39)(H,35,40);6-9,15,18,21,23,27H,1-5,10-13,16-17H2,(H,29,33)(H,30,34)/t29-;23-/m11/s1. The Balaban J connectivity index is 0.000000209. The van der Waals surface area contributed by atoms with E-state index in [2.05, 4.69) is 48.7 Å². The van der Waals surface area contributed by atoms with Gasteiger partial charge in [-0.2, -0.15) is 14.8 Å². The molecule has 0 bridgehead atoms. The van der Waals surface area contributed by atoms with E-state index in [9.17, 15) is 27.6 Å². The SMILES string of the molecule is N#Cc1ccc(Cn2cncc2CCNC(=O)[C@H]2CN(S(=O)(=O)c3ccccc3)CCN2C(=O)NC2CCCCC2)cc1.N#Cc1ccc(Cn2cncc2CCNC(=O)[C@H]2CNCCN2C(=O)NC2CCCCC2)cc1. The number of nitriles is 2. The molecule has 4 aliphatic rings. The third kappa shape index (κ3) is 15.3. The summed E-state index contributed by atoms with van der Waals surface area (Å²) in [5, 5.41) is 33.4. The van der Waals surface area contributed by atoms with Crippen molar-refractivity contribution in [3.63, 3.8) is 0 Å². The van der Waals surface area contributed by atoms with Crippen molar-refractivity contribution < 1.29 is 27.6 Å². The van der Waals surface area contributed by atoms with Crippen molar-refractivity contribution in [2.75, 3.05) is 52.4 Å². The molecule has 2 saturated carbocycles. The van der Waals surface area contributed by atoms with Crippen LogP contribution in [0.4, 0.5) is 9.59 Å². The van der Waals surface area contributed by atoms with Gasteiger partial charge in [-0.3, -0.25) is 9.59 Å². The van der Waals surface area contributed by atoms with Gasteiger partial charge in [-0.05, 0) is 73.2 Å². The van der Waals surface area contributed by atoms with Gasteiger partial charge in [-0.15, -0.1) is 0 Å². The third-order valence-electron chi connectivity index (χ3n) is 14.8. The van der Waals surface area contributed by atoms with Crippen LogP contribution in [-0.4, -0.2) is 142 Å². The summed E-state index contributed by atoms with van der Waals surface area (Å²) in [4.78, 5) is 64.6. The summed E-state index contributed by atoms with van der Waals surface area (Å²) in [5.41, 5.74) is 5.25. The zero-order valence-corrected chi connectivity index (χ0v) is 44.4. The highest BCUT2D eigenvalue weighted by Crippen LogP contribution is 2.23. The summed E-state index contributed by atoms with van der Waals surface area (Å²) in [5.74, 6) is -0.533. The lowest BCUT2D eigenvalue weighted by atomic mass is 9.96. The molecule has 2 aliphatic carbocycles. The fourth-order valence-corrected chi connectivity index (χ4v) is 11.9. The molecule has 9 rings (SSSR count). The van der Waals surface area contributed by atoms with Crippen LogP contribution in [0.15, 0.2) is 109 Å². The minimum Gasteiger partial charge on any atom is -0.354 e. The average molecular weight is 1070 g/mol. The summed E-state index contributed by atoms with van der Waals surface area (Å²) in [6.45, 7) is 3.73. The molecule has 4 heterocycles. The van der Waals surface area contributed by atoms with Crippen LogP contribution in [0, 0.1) is 22.7 Å². The Morgan fingerprint density at radius 2 is 1.09 bits per heavy atom. The van der Waals surface area contributed by atoms with Crippen LogP contribution in [-0.2, 0) is 45.5 Å².